The lowest BCUT2D eigenvalue weighted by molar-refractivity contribution is 0.0673. The van der Waals surface area contributed by atoms with Gasteiger partial charge in [-0.15, -0.1) is 11.3 Å². The van der Waals surface area contributed by atoms with E-state index in [0.717, 1.165) is 16.8 Å². The van der Waals surface area contributed by atoms with Crippen LogP contribution in [0.1, 0.15) is 44.1 Å². The Morgan fingerprint density at radius 2 is 1.72 bits per heavy atom. The van der Waals surface area contributed by atoms with Crippen LogP contribution in [0.4, 0.5) is 15.8 Å². The molecule has 3 aromatic carbocycles. The molecular weight excluding hydrogens is 473 g/mol. The van der Waals surface area contributed by atoms with Gasteiger partial charge in [0.15, 0.2) is 0 Å². The number of nitrogens with one attached hydrogen (secondary N) is 1. The van der Waals surface area contributed by atoms with Crippen molar-refractivity contribution in [3.05, 3.63) is 118 Å². The Hall–Kier alpha value is -3.97. The fourth-order valence-electron chi connectivity index (χ4n) is 4.09. The van der Waals surface area contributed by atoms with Gasteiger partial charge in [-0.2, -0.15) is 0 Å². The number of thiophene rings is 1. The predicted molar refractivity (Wildman–Crippen MR) is 144 cm³/mol. The first-order chi connectivity index (χ1) is 17.3. The number of rotatable bonds is 8. The van der Waals surface area contributed by atoms with Crippen molar-refractivity contribution in [2.75, 3.05) is 24.3 Å². The molecule has 1 aromatic heterocycles. The maximum atomic E-state index is 14.0. The standard InChI is InChI=1S/C29H28FN3O2S/c1-20(21-9-5-4-6-10-21)33(29(35)22-11-7-12-24(30)17-22)19-23-18-25(14-15-26(23)32(2)3)31-28(34)27-13-8-16-36-27/h4-18,20H,19H2,1-3H3,(H,31,34)/t20-/m1/s1. The minimum absolute atomic E-state index is 0.182. The van der Waals surface area contributed by atoms with Gasteiger partial charge in [-0.05, 0) is 65.9 Å². The van der Waals surface area contributed by atoms with Crippen molar-refractivity contribution in [1.82, 2.24) is 4.90 Å². The lowest BCUT2D eigenvalue weighted by atomic mass is 10.0. The van der Waals surface area contributed by atoms with Gasteiger partial charge in [-0.1, -0.05) is 42.5 Å². The topological polar surface area (TPSA) is 52.7 Å². The van der Waals surface area contributed by atoms with E-state index in [9.17, 15) is 14.0 Å². The molecule has 7 heteroatoms. The van der Waals surface area contributed by atoms with Gasteiger partial charge < -0.3 is 15.1 Å². The molecule has 0 aliphatic carbocycles. The van der Waals surface area contributed by atoms with E-state index in [1.54, 1.807) is 23.1 Å². The number of anilines is 2. The Labute approximate surface area is 214 Å². The van der Waals surface area contributed by atoms with E-state index >= 15 is 0 Å². The zero-order valence-electron chi connectivity index (χ0n) is 20.4. The van der Waals surface area contributed by atoms with Crippen LogP contribution in [0.3, 0.4) is 0 Å². The molecule has 0 saturated carbocycles. The van der Waals surface area contributed by atoms with Crippen LogP contribution in [-0.4, -0.2) is 30.8 Å². The smallest absolute Gasteiger partial charge is 0.265 e. The van der Waals surface area contributed by atoms with E-state index in [4.69, 9.17) is 0 Å². The van der Waals surface area contributed by atoms with Crippen molar-refractivity contribution in [3.8, 4) is 0 Å². The molecule has 184 valence electrons. The van der Waals surface area contributed by atoms with Crippen LogP contribution in [0, 0.1) is 5.82 Å². The molecule has 4 aromatic rings. The molecule has 0 spiro atoms. The summed E-state index contributed by atoms with van der Waals surface area (Å²) in [5.41, 5.74) is 3.67. The Balaban J connectivity index is 1.71. The van der Waals surface area contributed by atoms with E-state index < -0.39 is 5.82 Å². The van der Waals surface area contributed by atoms with E-state index in [-0.39, 0.29) is 30.0 Å². The number of carbonyl (C=O) groups is 2. The van der Waals surface area contributed by atoms with Crippen molar-refractivity contribution in [1.29, 1.82) is 0 Å². The molecule has 5 nitrogen and oxygen atoms in total. The molecule has 0 fully saturated rings. The first-order valence-electron chi connectivity index (χ1n) is 11.6. The zero-order chi connectivity index (χ0) is 25.7. The van der Waals surface area contributed by atoms with Crippen molar-refractivity contribution in [2.24, 2.45) is 0 Å². The van der Waals surface area contributed by atoms with Crippen LogP contribution in [0.15, 0.2) is 90.3 Å². The van der Waals surface area contributed by atoms with E-state index in [0.29, 0.717) is 10.6 Å². The van der Waals surface area contributed by atoms with Gasteiger partial charge in [-0.25, -0.2) is 4.39 Å². The van der Waals surface area contributed by atoms with Gasteiger partial charge in [0, 0.05) is 37.6 Å². The number of nitrogens with zero attached hydrogens (tertiary/aromatic N) is 2. The Morgan fingerprint density at radius 1 is 0.944 bits per heavy atom. The molecular formula is C29H28FN3O2S. The molecule has 0 aliphatic rings. The van der Waals surface area contributed by atoms with Crippen LogP contribution in [0.5, 0.6) is 0 Å². The largest absolute Gasteiger partial charge is 0.377 e. The fraction of sp³-hybridized carbons (Fsp3) is 0.172. The first-order valence-corrected chi connectivity index (χ1v) is 12.5. The molecule has 1 atom stereocenters. The summed E-state index contributed by atoms with van der Waals surface area (Å²) in [5, 5.41) is 4.81. The number of hydrogen-bond donors (Lipinski definition) is 1. The van der Waals surface area contributed by atoms with Crippen molar-refractivity contribution in [2.45, 2.75) is 19.5 Å². The number of benzene rings is 3. The van der Waals surface area contributed by atoms with Gasteiger partial charge >= 0.3 is 0 Å². The molecule has 0 bridgehead atoms. The third-order valence-electron chi connectivity index (χ3n) is 5.99. The highest BCUT2D eigenvalue weighted by Gasteiger charge is 2.25. The summed E-state index contributed by atoms with van der Waals surface area (Å²) in [6.45, 7) is 2.23. The normalized spacial score (nSPS) is 11.6. The van der Waals surface area contributed by atoms with Crippen LogP contribution < -0.4 is 10.2 Å². The maximum absolute atomic E-state index is 14.0. The lowest BCUT2D eigenvalue weighted by Crippen LogP contribution is -2.34. The van der Waals surface area contributed by atoms with Crippen LogP contribution >= 0.6 is 11.3 Å². The van der Waals surface area contributed by atoms with Gasteiger partial charge in [0.2, 0.25) is 0 Å². The second-order valence-electron chi connectivity index (χ2n) is 8.70. The SMILES string of the molecule is C[C@H](c1ccccc1)N(Cc1cc(NC(=O)c2cccs2)ccc1N(C)C)C(=O)c1cccc(F)c1. The number of hydrogen-bond acceptors (Lipinski definition) is 4. The minimum atomic E-state index is -0.458. The highest BCUT2D eigenvalue weighted by molar-refractivity contribution is 7.12. The second-order valence-corrected chi connectivity index (χ2v) is 9.65. The molecule has 0 unspecified atom stereocenters. The molecule has 0 radical (unpaired) electrons. The van der Waals surface area contributed by atoms with Gasteiger partial charge in [0.1, 0.15) is 5.82 Å². The molecule has 1 heterocycles. The lowest BCUT2D eigenvalue weighted by Gasteiger charge is -2.31. The third kappa shape index (κ3) is 5.80. The van der Waals surface area contributed by atoms with Gasteiger partial charge in [-0.3, -0.25) is 9.59 Å². The van der Waals surface area contributed by atoms with Crippen LogP contribution in [0.2, 0.25) is 0 Å². The highest BCUT2D eigenvalue weighted by atomic mass is 32.1. The molecule has 0 aliphatic heterocycles. The van der Waals surface area contributed by atoms with Crippen molar-refractivity contribution < 1.29 is 14.0 Å². The van der Waals surface area contributed by atoms with Crippen molar-refractivity contribution >= 4 is 34.5 Å². The number of amides is 2. The maximum Gasteiger partial charge on any atom is 0.265 e. The molecule has 1 N–H and O–H groups in total. The Bertz CT molecular complexity index is 1340. The van der Waals surface area contributed by atoms with Gasteiger partial charge in [0.25, 0.3) is 11.8 Å². The second kappa shape index (κ2) is 11.2. The highest BCUT2D eigenvalue weighted by Crippen LogP contribution is 2.30. The predicted octanol–water partition coefficient (Wildman–Crippen LogP) is 6.61. The third-order valence-corrected chi connectivity index (χ3v) is 6.86. The van der Waals surface area contributed by atoms with Crippen molar-refractivity contribution in [3.63, 3.8) is 0 Å². The summed E-state index contributed by atoms with van der Waals surface area (Å²) in [6.07, 6.45) is 0. The van der Waals surface area contributed by atoms with Crippen LogP contribution in [0.25, 0.3) is 0 Å². The van der Waals surface area contributed by atoms with E-state index in [1.807, 2.05) is 85.9 Å². The quantitative estimate of drug-likeness (QED) is 0.296. The fourth-order valence-corrected chi connectivity index (χ4v) is 4.71. The zero-order valence-corrected chi connectivity index (χ0v) is 21.3. The average Bonchev–Trinajstić information content (AvgIpc) is 3.42. The van der Waals surface area contributed by atoms with E-state index in [2.05, 4.69) is 5.32 Å². The molecule has 36 heavy (non-hydrogen) atoms. The first kappa shape index (κ1) is 25.1. The summed E-state index contributed by atoms with van der Waals surface area (Å²) in [4.78, 5) is 30.7. The van der Waals surface area contributed by atoms with Crippen LogP contribution in [-0.2, 0) is 6.54 Å². The molecule has 0 saturated heterocycles. The monoisotopic (exact) mass is 501 g/mol. The summed E-state index contributed by atoms with van der Waals surface area (Å²) >= 11 is 1.37. The Morgan fingerprint density at radius 3 is 2.39 bits per heavy atom. The Kier molecular flexibility index (Phi) is 7.80. The summed E-state index contributed by atoms with van der Waals surface area (Å²) in [6, 6.07) is 24.5. The summed E-state index contributed by atoms with van der Waals surface area (Å²) in [7, 11) is 3.87. The average molecular weight is 502 g/mol. The summed E-state index contributed by atoms with van der Waals surface area (Å²) in [5.74, 6) is -0.914. The summed E-state index contributed by atoms with van der Waals surface area (Å²) < 4.78 is 14.0. The number of halogens is 1. The van der Waals surface area contributed by atoms with E-state index in [1.165, 1.54) is 23.5 Å². The van der Waals surface area contributed by atoms with Gasteiger partial charge in [0.05, 0.1) is 10.9 Å². The minimum Gasteiger partial charge on any atom is -0.377 e. The molecule has 2 amide bonds. The molecule has 4 rings (SSSR count). The number of carbonyl (C=O) groups excluding carboxylic acids is 2.